The van der Waals surface area contributed by atoms with Gasteiger partial charge in [-0.2, -0.15) is 5.10 Å². The van der Waals surface area contributed by atoms with Crippen LogP contribution in [-0.4, -0.2) is 20.9 Å². The molecule has 0 fully saturated rings. The average Bonchev–Trinajstić information content (AvgIpc) is 2.59. The quantitative estimate of drug-likeness (QED) is 0.496. The number of nitrogens with one attached hydrogen (secondary N) is 2. The molecule has 2 aromatic carbocycles. The second-order valence-corrected chi connectivity index (χ2v) is 5.86. The number of rotatable bonds is 4. The summed E-state index contributed by atoms with van der Waals surface area (Å²) in [5.74, 6) is -0.473. The smallest absolute Gasteiger partial charge is 0.335 e. The number of para-hydroxylation sites is 1. The van der Waals surface area contributed by atoms with Crippen molar-refractivity contribution in [3.8, 4) is 11.6 Å². The number of nitrogens with zero attached hydrogens (tertiary/aromatic N) is 2. The first-order valence-electron chi connectivity index (χ1n) is 7.97. The third-order valence-corrected chi connectivity index (χ3v) is 3.90. The molecule has 3 aromatic rings. The average molecular weight is 350 g/mol. The van der Waals surface area contributed by atoms with Gasteiger partial charge < -0.3 is 5.11 Å². The van der Waals surface area contributed by atoms with Crippen molar-refractivity contribution < 1.29 is 5.11 Å². The zero-order valence-corrected chi connectivity index (χ0v) is 14.4. The maximum absolute atomic E-state index is 12.2. The molecule has 0 aliphatic carbocycles. The first kappa shape index (κ1) is 17.2. The predicted octanol–water partition coefficient (Wildman–Crippen LogP) is 2.29. The summed E-state index contributed by atoms with van der Waals surface area (Å²) in [4.78, 5) is 26.4. The SMILES string of the molecule is Cc1cccc(-n2c(O)c(C=NNc3ccccc3C)c(=O)[nH]c2=O)c1. The number of hydrogen-bond acceptors (Lipinski definition) is 5. The van der Waals surface area contributed by atoms with E-state index in [9.17, 15) is 14.7 Å². The molecular weight excluding hydrogens is 332 g/mol. The van der Waals surface area contributed by atoms with Gasteiger partial charge in [-0.3, -0.25) is 15.2 Å². The van der Waals surface area contributed by atoms with E-state index in [2.05, 4.69) is 15.5 Å². The summed E-state index contributed by atoms with van der Waals surface area (Å²) in [5.41, 5.74) is 4.37. The van der Waals surface area contributed by atoms with Crippen LogP contribution in [-0.2, 0) is 0 Å². The Morgan fingerprint density at radius 1 is 1.12 bits per heavy atom. The number of H-pyrrole nitrogens is 1. The van der Waals surface area contributed by atoms with Gasteiger partial charge in [-0.15, -0.1) is 0 Å². The van der Waals surface area contributed by atoms with E-state index in [1.807, 2.05) is 44.2 Å². The minimum Gasteiger partial charge on any atom is -0.493 e. The van der Waals surface area contributed by atoms with Crippen molar-refractivity contribution in [3.05, 3.63) is 86.1 Å². The van der Waals surface area contributed by atoms with Crippen LogP contribution in [0.4, 0.5) is 5.69 Å². The molecule has 1 heterocycles. The molecule has 0 atom stereocenters. The maximum Gasteiger partial charge on any atom is 0.335 e. The van der Waals surface area contributed by atoms with Crippen LogP contribution in [0.25, 0.3) is 5.69 Å². The molecule has 132 valence electrons. The molecule has 26 heavy (non-hydrogen) atoms. The summed E-state index contributed by atoms with van der Waals surface area (Å²) in [7, 11) is 0. The zero-order chi connectivity index (χ0) is 18.7. The molecule has 0 amide bonds. The van der Waals surface area contributed by atoms with Gasteiger partial charge in [0.1, 0.15) is 5.56 Å². The molecule has 0 radical (unpaired) electrons. The van der Waals surface area contributed by atoms with E-state index >= 15 is 0 Å². The van der Waals surface area contributed by atoms with E-state index in [1.54, 1.807) is 18.2 Å². The van der Waals surface area contributed by atoms with E-state index in [1.165, 1.54) is 6.21 Å². The van der Waals surface area contributed by atoms with Crippen molar-refractivity contribution in [2.45, 2.75) is 13.8 Å². The molecule has 0 saturated heterocycles. The van der Waals surface area contributed by atoms with Gasteiger partial charge in [0.2, 0.25) is 5.88 Å². The predicted molar refractivity (Wildman–Crippen MR) is 101 cm³/mol. The van der Waals surface area contributed by atoms with Crippen LogP contribution in [0.15, 0.2) is 63.2 Å². The highest BCUT2D eigenvalue weighted by Crippen LogP contribution is 2.17. The Balaban J connectivity index is 2.02. The first-order valence-corrected chi connectivity index (χ1v) is 7.97. The second kappa shape index (κ2) is 7.10. The lowest BCUT2D eigenvalue weighted by Gasteiger charge is -2.10. The van der Waals surface area contributed by atoms with Gasteiger partial charge in [-0.05, 0) is 43.2 Å². The zero-order valence-electron chi connectivity index (χ0n) is 14.4. The van der Waals surface area contributed by atoms with Gasteiger partial charge in [0.05, 0.1) is 17.6 Å². The summed E-state index contributed by atoms with van der Waals surface area (Å²) in [6.07, 6.45) is 1.19. The number of hydrazone groups is 1. The minimum absolute atomic E-state index is 0.118. The van der Waals surface area contributed by atoms with Crippen molar-refractivity contribution >= 4 is 11.9 Å². The standard InChI is InChI=1S/C19H18N4O3/c1-12-6-5-8-14(10-12)23-18(25)15(17(24)21-19(23)26)11-20-22-16-9-4-3-7-13(16)2/h3-11,22,25H,1-2H3,(H,21,24,26). The van der Waals surface area contributed by atoms with Crippen LogP contribution in [0.1, 0.15) is 16.7 Å². The highest BCUT2D eigenvalue weighted by molar-refractivity contribution is 5.82. The van der Waals surface area contributed by atoms with Gasteiger partial charge in [0, 0.05) is 0 Å². The largest absolute Gasteiger partial charge is 0.493 e. The molecule has 0 aliphatic rings. The monoisotopic (exact) mass is 350 g/mol. The number of aryl methyl sites for hydroxylation is 2. The lowest BCUT2D eigenvalue weighted by molar-refractivity contribution is 0.430. The summed E-state index contributed by atoms with van der Waals surface area (Å²) >= 11 is 0. The van der Waals surface area contributed by atoms with Crippen molar-refractivity contribution in [3.63, 3.8) is 0 Å². The van der Waals surface area contributed by atoms with E-state index in [4.69, 9.17) is 0 Å². The molecule has 1 aromatic heterocycles. The summed E-state index contributed by atoms with van der Waals surface area (Å²) in [5, 5.41) is 14.5. The van der Waals surface area contributed by atoms with Gasteiger partial charge in [-0.1, -0.05) is 30.3 Å². The van der Waals surface area contributed by atoms with Crippen molar-refractivity contribution in [2.75, 3.05) is 5.43 Å². The number of hydrogen-bond donors (Lipinski definition) is 3. The van der Waals surface area contributed by atoms with Gasteiger partial charge in [-0.25, -0.2) is 9.36 Å². The minimum atomic E-state index is -0.720. The molecular formula is C19H18N4O3. The first-order chi connectivity index (χ1) is 12.5. The maximum atomic E-state index is 12.2. The van der Waals surface area contributed by atoms with Crippen LogP contribution in [0.2, 0.25) is 0 Å². The van der Waals surface area contributed by atoms with Crippen molar-refractivity contribution in [2.24, 2.45) is 5.10 Å². The topological polar surface area (TPSA) is 99.5 Å². The van der Waals surface area contributed by atoms with Crippen LogP contribution in [0, 0.1) is 13.8 Å². The van der Waals surface area contributed by atoms with Crippen molar-refractivity contribution in [1.82, 2.24) is 9.55 Å². The molecule has 3 rings (SSSR count). The second-order valence-electron chi connectivity index (χ2n) is 5.86. The fourth-order valence-corrected chi connectivity index (χ4v) is 2.53. The van der Waals surface area contributed by atoms with Crippen LogP contribution in [0.5, 0.6) is 5.88 Å². The van der Waals surface area contributed by atoms with Crippen LogP contribution in [0.3, 0.4) is 0 Å². The van der Waals surface area contributed by atoms with Crippen LogP contribution >= 0.6 is 0 Å². The molecule has 7 nitrogen and oxygen atoms in total. The summed E-state index contributed by atoms with van der Waals surface area (Å²) in [6, 6.07) is 14.5. The number of benzene rings is 2. The Morgan fingerprint density at radius 3 is 2.62 bits per heavy atom. The number of aromatic hydroxyl groups is 1. The Hall–Kier alpha value is -3.61. The number of aromatic amines is 1. The molecule has 0 aliphatic heterocycles. The lowest BCUT2D eigenvalue weighted by Crippen LogP contribution is -2.31. The van der Waals surface area contributed by atoms with E-state index < -0.39 is 17.1 Å². The fraction of sp³-hybridized carbons (Fsp3) is 0.105. The molecule has 0 unspecified atom stereocenters. The molecule has 7 heteroatoms. The Bertz CT molecular complexity index is 1100. The Labute approximate surface area is 149 Å². The Kier molecular flexibility index (Phi) is 4.70. The van der Waals surface area contributed by atoms with Gasteiger partial charge in [0.25, 0.3) is 5.56 Å². The lowest BCUT2D eigenvalue weighted by atomic mass is 10.2. The summed E-state index contributed by atoms with van der Waals surface area (Å²) in [6.45, 7) is 3.78. The van der Waals surface area contributed by atoms with E-state index in [0.717, 1.165) is 21.4 Å². The summed E-state index contributed by atoms with van der Waals surface area (Å²) < 4.78 is 1.03. The van der Waals surface area contributed by atoms with E-state index in [-0.39, 0.29) is 5.56 Å². The normalized spacial score (nSPS) is 11.0. The molecule has 0 bridgehead atoms. The molecule has 0 saturated carbocycles. The van der Waals surface area contributed by atoms with Crippen LogP contribution < -0.4 is 16.7 Å². The van der Waals surface area contributed by atoms with Crippen molar-refractivity contribution in [1.29, 1.82) is 0 Å². The third kappa shape index (κ3) is 3.41. The molecule has 3 N–H and O–H groups in total. The number of anilines is 1. The number of aromatic nitrogens is 2. The highest BCUT2D eigenvalue weighted by Gasteiger charge is 2.14. The van der Waals surface area contributed by atoms with Gasteiger partial charge >= 0.3 is 5.69 Å². The van der Waals surface area contributed by atoms with Gasteiger partial charge in [0.15, 0.2) is 0 Å². The molecule has 0 spiro atoms. The fourth-order valence-electron chi connectivity index (χ4n) is 2.53. The highest BCUT2D eigenvalue weighted by atomic mass is 16.3. The van der Waals surface area contributed by atoms with E-state index in [0.29, 0.717) is 5.69 Å². The Morgan fingerprint density at radius 2 is 1.88 bits per heavy atom. The third-order valence-electron chi connectivity index (χ3n) is 3.90.